The second-order valence-corrected chi connectivity index (χ2v) is 6.02. The Morgan fingerprint density at radius 1 is 1.56 bits per heavy atom. The van der Waals surface area contributed by atoms with Gasteiger partial charge in [0.25, 0.3) is 10.0 Å². The third kappa shape index (κ3) is 3.79. The number of hydrogen-bond donors (Lipinski definition) is 2. The van der Waals surface area contributed by atoms with Crippen molar-refractivity contribution in [3.63, 3.8) is 0 Å². The van der Waals surface area contributed by atoms with Crippen LogP contribution in [0.2, 0.25) is 0 Å². The van der Waals surface area contributed by atoms with Crippen molar-refractivity contribution in [3.8, 4) is 0 Å². The van der Waals surface area contributed by atoms with Gasteiger partial charge in [-0.15, -0.1) is 0 Å². The largest absolute Gasteiger partial charge is 0.396 e. The maximum Gasteiger partial charge on any atom is 0.259 e. The topological polar surface area (TPSA) is 84.2 Å². The molecule has 0 aliphatic rings. The molecule has 1 rings (SSSR count). The van der Waals surface area contributed by atoms with E-state index in [-0.39, 0.29) is 17.7 Å². The van der Waals surface area contributed by atoms with Crippen LogP contribution in [0.1, 0.15) is 32.5 Å². The molecule has 1 aromatic rings. The molecule has 0 saturated heterocycles. The minimum atomic E-state index is -3.59. The highest BCUT2D eigenvalue weighted by molar-refractivity contribution is 7.89. The van der Waals surface area contributed by atoms with E-state index in [2.05, 4.69) is 9.71 Å². The Morgan fingerprint density at radius 2 is 2.22 bits per heavy atom. The monoisotopic (exact) mass is 275 g/mol. The first kappa shape index (κ1) is 15.1. The molecule has 0 aliphatic carbocycles. The summed E-state index contributed by atoms with van der Waals surface area (Å²) >= 11 is 0. The summed E-state index contributed by atoms with van der Waals surface area (Å²) in [6.45, 7) is 6.22. The van der Waals surface area contributed by atoms with Gasteiger partial charge in [0.15, 0.2) is 5.03 Å². The predicted octanol–water partition coefficient (Wildman–Crippen LogP) is 0.651. The second kappa shape index (κ2) is 6.31. The van der Waals surface area contributed by atoms with E-state index in [1.54, 1.807) is 20.0 Å². The highest BCUT2D eigenvalue weighted by Gasteiger charge is 2.21. The lowest BCUT2D eigenvalue weighted by atomic mass is 10.3. The van der Waals surface area contributed by atoms with Crippen LogP contribution in [-0.2, 0) is 16.6 Å². The molecule has 0 saturated carbocycles. The Hall–Kier alpha value is -0.920. The van der Waals surface area contributed by atoms with E-state index in [0.717, 1.165) is 13.0 Å². The minimum absolute atomic E-state index is 0.0400. The van der Waals surface area contributed by atoms with Crippen LogP contribution in [0.3, 0.4) is 0 Å². The summed E-state index contributed by atoms with van der Waals surface area (Å²) in [6.07, 6.45) is 2.85. The van der Waals surface area contributed by atoms with Crippen molar-refractivity contribution in [1.29, 1.82) is 0 Å². The number of nitrogens with one attached hydrogen (secondary N) is 1. The Labute approximate surface area is 108 Å². The lowest BCUT2D eigenvalue weighted by Gasteiger charge is -2.10. The van der Waals surface area contributed by atoms with Gasteiger partial charge in [0, 0.05) is 25.4 Å². The summed E-state index contributed by atoms with van der Waals surface area (Å²) in [6, 6.07) is -0.309. The Kier molecular flexibility index (Phi) is 5.30. The number of aryl methyl sites for hydroxylation is 2. The lowest BCUT2D eigenvalue weighted by molar-refractivity contribution is 0.275. The fourth-order valence-electron chi connectivity index (χ4n) is 1.65. The smallest absolute Gasteiger partial charge is 0.259 e. The van der Waals surface area contributed by atoms with Crippen LogP contribution in [0.5, 0.6) is 0 Å². The van der Waals surface area contributed by atoms with Gasteiger partial charge >= 0.3 is 0 Å². The molecule has 0 amide bonds. The molecular weight excluding hydrogens is 254 g/mol. The highest BCUT2D eigenvalue weighted by Crippen LogP contribution is 2.10. The quantitative estimate of drug-likeness (QED) is 0.765. The summed E-state index contributed by atoms with van der Waals surface area (Å²) in [5, 5.41) is 8.81. The fourth-order valence-corrected chi connectivity index (χ4v) is 2.94. The molecule has 2 N–H and O–H groups in total. The van der Waals surface area contributed by atoms with E-state index in [4.69, 9.17) is 5.11 Å². The van der Waals surface area contributed by atoms with Gasteiger partial charge < -0.3 is 9.67 Å². The summed E-state index contributed by atoms with van der Waals surface area (Å²) in [4.78, 5) is 4.06. The first-order valence-corrected chi connectivity index (χ1v) is 7.56. The van der Waals surface area contributed by atoms with E-state index in [1.165, 1.54) is 0 Å². The number of hydrogen-bond acceptors (Lipinski definition) is 4. The van der Waals surface area contributed by atoms with Crippen LogP contribution in [0.25, 0.3) is 0 Å². The van der Waals surface area contributed by atoms with Crippen molar-refractivity contribution in [3.05, 3.63) is 12.0 Å². The molecule has 1 unspecified atom stereocenters. The average molecular weight is 275 g/mol. The van der Waals surface area contributed by atoms with Gasteiger partial charge in [-0.05, 0) is 26.7 Å². The fraction of sp³-hybridized carbons (Fsp3) is 0.727. The van der Waals surface area contributed by atoms with Crippen molar-refractivity contribution in [2.75, 3.05) is 6.61 Å². The van der Waals surface area contributed by atoms with Gasteiger partial charge in [-0.1, -0.05) is 6.92 Å². The van der Waals surface area contributed by atoms with Gasteiger partial charge in [0.1, 0.15) is 5.82 Å². The van der Waals surface area contributed by atoms with E-state index in [0.29, 0.717) is 12.2 Å². The zero-order valence-electron chi connectivity index (χ0n) is 11.0. The summed E-state index contributed by atoms with van der Waals surface area (Å²) in [5.74, 6) is 0.687. The maximum atomic E-state index is 12.0. The molecule has 1 atom stereocenters. The van der Waals surface area contributed by atoms with E-state index < -0.39 is 10.0 Å². The van der Waals surface area contributed by atoms with Gasteiger partial charge in [-0.2, -0.15) is 0 Å². The standard InChI is InChI=1S/C11H21N3O3S/c1-4-6-14-8-11(12-10(14)3)18(16,17)13-9(2)5-7-15/h8-9,13,15H,4-7H2,1-3H3. The van der Waals surface area contributed by atoms with Crippen molar-refractivity contribution >= 4 is 10.0 Å². The van der Waals surface area contributed by atoms with Gasteiger partial charge in [-0.25, -0.2) is 18.1 Å². The molecule has 0 fully saturated rings. The van der Waals surface area contributed by atoms with Crippen LogP contribution in [0.15, 0.2) is 11.2 Å². The molecule has 104 valence electrons. The van der Waals surface area contributed by atoms with Crippen LogP contribution in [-0.4, -0.2) is 35.7 Å². The molecule has 1 aromatic heterocycles. The second-order valence-electron chi connectivity index (χ2n) is 4.35. The van der Waals surface area contributed by atoms with E-state index in [1.807, 2.05) is 11.5 Å². The third-order valence-electron chi connectivity index (χ3n) is 2.61. The molecule has 6 nitrogen and oxygen atoms in total. The number of nitrogens with zero attached hydrogens (tertiary/aromatic N) is 2. The van der Waals surface area contributed by atoms with Crippen LogP contribution >= 0.6 is 0 Å². The molecular formula is C11H21N3O3S. The van der Waals surface area contributed by atoms with E-state index >= 15 is 0 Å². The van der Waals surface area contributed by atoms with Gasteiger partial charge in [0.05, 0.1) is 0 Å². The van der Waals surface area contributed by atoms with Crippen molar-refractivity contribution < 1.29 is 13.5 Å². The number of sulfonamides is 1. The minimum Gasteiger partial charge on any atom is -0.396 e. The first-order valence-electron chi connectivity index (χ1n) is 6.07. The molecule has 1 heterocycles. The van der Waals surface area contributed by atoms with Crippen molar-refractivity contribution in [2.24, 2.45) is 0 Å². The number of rotatable bonds is 7. The molecule has 0 aliphatic heterocycles. The number of aliphatic hydroxyl groups excluding tert-OH is 1. The number of imidazole rings is 1. The van der Waals surface area contributed by atoms with Gasteiger partial charge in [-0.3, -0.25) is 0 Å². The average Bonchev–Trinajstić information content (AvgIpc) is 2.61. The van der Waals surface area contributed by atoms with Crippen LogP contribution in [0.4, 0.5) is 0 Å². The lowest BCUT2D eigenvalue weighted by Crippen LogP contribution is -2.33. The molecule has 18 heavy (non-hydrogen) atoms. The first-order chi connectivity index (χ1) is 8.40. The summed E-state index contributed by atoms with van der Waals surface area (Å²) < 4.78 is 28.4. The van der Waals surface area contributed by atoms with Crippen molar-refractivity contribution in [1.82, 2.24) is 14.3 Å². The van der Waals surface area contributed by atoms with Gasteiger partial charge in [0.2, 0.25) is 0 Å². The highest BCUT2D eigenvalue weighted by atomic mass is 32.2. The maximum absolute atomic E-state index is 12.0. The Bertz CT molecular complexity index is 482. The normalized spacial score (nSPS) is 13.8. The molecule has 0 radical (unpaired) electrons. The molecule has 0 spiro atoms. The number of aliphatic hydroxyl groups is 1. The van der Waals surface area contributed by atoms with Crippen LogP contribution in [0, 0.1) is 6.92 Å². The molecule has 7 heteroatoms. The van der Waals surface area contributed by atoms with Crippen molar-refractivity contribution in [2.45, 2.75) is 51.2 Å². The molecule has 0 bridgehead atoms. The number of aromatic nitrogens is 2. The Balaban J connectivity index is 2.88. The Morgan fingerprint density at radius 3 is 2.78 bits per heavy atom. The summed E-state index contributed by atoms with van der Waals surface area (Å²) in [7, 11) is -3.59. The SMILES string of the molecule is CCCn1cc(S(=O)(=O)NC(C)CCO)nc1C. The molecule has 0 aromatic carbocycles. The summed E-state index contributed by atoms with van der Waals surface area (Å²) in [5.41, 5.74) is 0. The van der Waals surface area contributed by atoms with Crippen LogP contribution < -0.4 is 4.72 Å². The third-order valence-corrected chi connectivity index (χ3v) is 4.07. The van der Waals surface area contributed by atoms with E-state index in [9.17, 15) is 8.42 Å². The zero-order valence-corrected chi connectivity index (χ0v) is 11.9. The zero-order chi connectivity index (χ0) is 13.8. The predicted molar refractivity (Wildman–Crippen MR) is 68.7 cm³/mol.